The van der Waals surface area contributed by atoms with Crippen LogP contribution in [0.3, 0.4) is 0 Å². The molecule has 3 unspecified atom stereocenters. The summed E-state index contributed by atoms with van der Waals surface area (Å²) in [5.74, 6) is 0.0289. The second kappa shape index (κ2) is 5.83. The number of aliphatic carboxylic acids is 1. The summed E-state index contributed by atoms with van der Waals surface area (Å²) >= 11 is 0. The van der Waals surface area contributed by atoms with E-state index in [2.05, 4.69) is 24.1 Å². The molecule has 0 aliphatic carbocycles. The van der Waals surface area contributed by atoms with Crippen LogP contribution in [0, 0.1) is 5.92 Å². The largest absolute Gasteiger partial charge is 0.480 e. The molecule has 1 fully saturated rings. The summed E-state index contributed by atoms with van der Waals surface area (Å²) in [5, 5.41) is 12.2. The molecular formula is C13H26N2O2. The minimum atomic E-state index is -0.816. The van der Waals surface area contributed by atoms with Gasteiger partial charge in [0.2, 0.25) is 0 Å². The van der Waals surface area contributed by atoms with Gasteiger partial charge in [-0.1, -0.05) is 13.3 Å². The monoisotopic (exact) mass is 242 g/mol. The molecule has 0 bridgehead atoms. The molecule has 0 aromatic rings. The van der Waals surface area contributed by atoms with E-state index in [1.54, 1.807) is 14.0 Å². The molecule has 0 saturated carbocycles. The van der Waals surface area contributed by atoms with Gasteiger partial charge in [-0.15, -0.1) is 0 Å². The zero-order chi connectivity index (χ0) is 13.1. The van der Waals surface area contributed by atoms with Gasteiger partial charge in [-0.05, 0) is 46.2 Å². The van der Waals surface area contributed by atoms with Gasteiger partial charge in [0, 0.05) is 12.6 Å². The highest BCUT2D eigenvalue weighted by Gasteiger charge is 2.35. The van der Waals surface area contributed by atoms with E-state index in [-0.39, 0.29) is 0 Å². The number of hydrogen-bond acceptors (Lipinski definition) is 3. The van der Waals surface area contributed by atoms with Crippen molar-refractivity contribution in [1.29, 1.82) is 0 Å². The topological polar surface area (TPSA) is 52.6 Å². The Balaban J connectivity index is 2.54. The molecule has 0 aromatic heterocycles. The predicted molar refractivity (Wildman–Crippen MR) is 69.2 cm³/mol. The third-order valence-electron chi connectivity index (χ3n) is 4.25. The summed E-state index contributed by atoms with van der Waals surface area (Å²) in [4.78, 5) is 13.7. The Morgan fingerprint density at radius 2 is 2.29 bits per heavy atom. The lowest BCUT2D eigenvalue weighted by atomic mass is 9.93. The third kappa shape index (κ3) is 3.42. The van der Waals surface area contributed by atoms with Crippen molar-refractivity contribution in [3.8, 4) is 0 Å². The number of nitrogens with zero attached hydrogens (tertiary/aromatic N) is 1. The van der Waals surface area contributed by atoms with Gasteiger partial charge < -0.3 is 15.3 Å². The van der Waals surface area contributed by atoms with E-state index in [0.717, 1.165) is 19.0 Å². The molecule has 0 amide bonds. The lowest BCUT2D eigenvalue weighted by Gasteiger charge is -2.32. The molecule has 100 valence electrons. The van der Waals surface area contributed by atoms with Crippen LogP contribution in [0.4, 0.5) is 0 Å². The zero-order valence-electron chi connectivity index (χ0n) is 11.5. The fourth-order valence-corrected chi connectivity index (χ4v) is 2.61. The van der Waals surface area contributed by atoms with Crippen LogP contribution in [0.2, 0.25) is 0 Å². The van der Waals surface area contributed by atoms with Crippen LogP contribution in [0.15, 0.2) is 0 Å². The zero-order valence-corrected chi connectivity index (χ0v) is 11.5. The van der Waals surface area contributed by atoms with Crippen LogP contribution in [-0.4, -0.2) is 47.7 Å². The van der Waals surface area contributed by atoms with Crippen molar-refractivity contribution in [3.63, 3.8) is 0 Å². The van der Waals surface area contributed by atoms with Gasteiger partial charge in [0.1, 0.15) is 5.54 Å². The normalized spacial score (nSPS) is 26.7. The Morgan fingerprint density at radius 3 is 2.71 bits per heavy atom. The molecule has 1 aliphatic rings. The van der Waals surface area contributed by atoms with E-state index in [1.165, 1.54) is 12.8 Å². The fourth-order valence-electron chi connectivity index (χ4n) is 2.61. The molecule has 17 heavy (non-hydrogen) atoms. The average Bonchev–Trinajstić information content (AvgIpc) is 2.77. The summed E-state index contributed by atoms with van der Waals surface area (Å²) < 4.78 is 0. The Kier molecular flexibility index (Phi) is 4.95. The van der Waals surface area contributed by atoms with Crippen molar-refractivity contribution >= 4 is 5.97 Å². The van der Waals surface area contributed by atoms with Crippen LogP contribution in [0.25, 0.3) is 0 Å². The average molecular weight is 242 g/mol. The van der Waals surface area contributed by atoms with E-state index in [1.807, 2.05) is 0 Å². The summed E-state index contributed by atoms with van der Waals surface area (Å²) in [6.45, 7) is 8.36. The molecule has 0 aromatic carbocycles. The van der Waals surface area contributed by atoms with Crippen LogP contribution >= 0.6 is 0 Å². The van der Waals surface area contributed by atoms with Gasteiger partial charge in [0.05, 0.1) is 0 Å². The number of hydrogen-bond donors (Lipinski definition) is 2. The lowest BCUT2D eigenvalue weighted by molar-refractivity contribution is -0.144. The minimum Gasteiger partial charge on any atom is -0.480 e. The summed E-state index contributed by atoms with van der Waals surface area (Å²) in [6, 6.07) is 0.320. The lowest BCUT2D eigenvalue weighted by Crippen LogP contribution is -2.51. The van der Waals surface area contributed by atoms with Crippen molar-refractivity contribution in [2.75, 3.05) is 20.1 Å². The van der Waals surface area contributed by atoms with Crippen molar-refractivity contribution in [1.82, 2.24) is 10.2 Å². The maximum atomic E-state index is 11.2. The van der Waals surface area contributed by atoms with Crippen molar-refractivity contribution in [2.24, 2.45) is 5.92 Å². The van der Waals surface area contributed by atoms with Crippen LogP contribution in [0.5, 0.6) is 0 Å². The van der Waals surface area contributed by atoms with E-state index in [0.29, 0.717) is 12.5 Å². The summed E-state index contributed by atoms with van der Waals surface area (Å²) in [7, 11) is 1.72. The van der Waals surface area contributed by atoms with Crippen molar-refractivity contribution < 1.29 is 9.90 Å². The maximum Gasteiger partial charge on any atom is 0.323 e. The van der Waals surface area contributed by atoms with E-state index < -0.39 is 11.5 Å². The molecule has 4 nitrogen and oxygen atoms in total. The fraction of sp³-hybridized carbons (Fsp3) is 0.923. The highest BCUT2D eigenvalue weighted by atomic mass is 16.4. The van der Waals surface area contributed by atoms with Gasteiger partial charge >= 0.3 is 5.97 Å². The summed E-state index contributed by atoms with van der Waals surface area (Å²) in [5.41, 5.74) is -0.816. The number of carboxylic acids is 1. The molecule has 1 rings (SSSR count). The standard InChI is InChI=1S/C13H26N2O2/c1-5-11-6-7-15(9-11)10(2)8-13(3,14-4)12(16)17/h10-11,14H,5-9H2,1-4H3,(H,16,17). The van der Waals surface area contributed by atoms with Gasteiger partial charge in [-0.25, -0.2) is 0 Å². The molecule has 2 N–H and O–H groups in total. The number of rotatable bonds is 6. The molecule has 3 atom stereocenters. The number of nitrogens with one attached hydrogen (secondary N) is 1. The number of carbonyl (C=O) groups is 1. The molecule has 1 aliphatic heterocycles. The van der Waals surface area contributed by atoms with E-state index >= 15 is 0 Å². The predicted octanol–water partition coefficient (Wildman–Crippen LogP) is 1.56. The number of likely N-dealkylation sites (N-methyl/N-ethyl adjacent to an activating group) is 1. The number of likely N-dealkylation sites (tertiary alicyclic amines) is 1. The molecule has 4 heteroatoms. The van der Waals surface area contributed by atoms with Crippen LogP contribution < -0.4 is 5.32 Å². The van der Waals surface area contributed by atoms with Gasteiger partial charge in [0.15, 0.2) is 0 Å². The van der Waals surface area contributed by atoms with Crippen LogP contribution in [0.1, 0.15) is 40.0 Å². The van der Waals surface area contributed by atoms with E-state index in [4.69, 9.17) is 0 Å². The first kappa shape index (κ1) is 14.5. The molecule has 1 heterocycles. The van der Waals surface area contributed by atoms with Crippen LogP contribution in [-0.2, 0) is 4.79 Å². The first-order valence-electron chi connectivity index (χ1n) is 6.59. The third-order valence-corrected chi connectivity index (χ3v) is 4.25. The highest BCUT2D eigenvalue weighted by molar-refractivity contribution is 5.78. The second-order valence-corrected chi connectivity index (χ2v) is 5.50. The molecule has 1 saturated heterocycles. The maximum absolute atomic E-state index is 11.2. The van der Waals surface area contributed by atoms with Crippen molar-refractivity contribution in [3.05, 3.63) is 0 Å². The molecule has 0 radical (unpaired) electrons. The van der Waals surface area contributed by atoms with Gasteiger partial charge in [-0.3, -0.25) is 4.79 Å². The summed E-state index contributed by atoms with van der Waals surface area (Å²) in [6.07, 6.45) is 3.13. The van der Waals surface area contributed by atoms with Gasteiger partial charge in [0.25, 0.3) is 0 Å². The Hall–Kier alpha value is -0.610. The highest BCUT2D eigenvalue weighted by Crippen LogP contribution is 2.24. The minimum absolute atomic E-state index is 0.320. The van der Waals surface area contributed by atoms with Crippen molar-refractivity contribution in [2.45, 2.75) is 51.6 Å². The first-order chi connectivity index (χ1) is 7.92. The van der Waals surface area contributed by atoms with Gasteiger partial charge in [-0.2, -0.15) is 0 Å². The second-order valence-electron chi connectivity index (χ2n) is 5.50. The first-order valence-corrected chi connectivity index (χ1v) is 6.59. The van der Waals surface area contributed by atoms with E-state index in [9.17, 15) is 9.90 Å². The molecule has 0 spiro atoms. The Bertz CT molecular complexity index is 270. The quantitative estimate of drug-likeness (QED) is 0.742. The Morgan fingerprint density at radius 1 is 1.65 bits per heavy atom. The smallest absolute Gasteiger partial charge is 0.323 e. The Labute approximate surface area is 104 Å². The number of carboxylic acid groups (broad SMARTS) is 1. The SMILES string of the molecule is CCC1CCN(C(C)CC(C)(NC)C(=O)O)C1. The molecular weight excluding hydrogens is 216 g/mol.